The molecule has 1 unspecified atom stereocenters. The average Bonchev–Trinajstić information content (AvgIpc) is 2.40. The lowest BCUT2D eigenvalue weighted by Gasteiger charge is -2.15. The Morgan fingerprint density at radius 2 is 1.85 bits per heavy atom. The van der Waals surface area contributed by atoms with Gasteiger partial charge in [-0.2, -0.15) is 0 Å². The number of benzene rings is 1. The molecule has 0 spiro atoms. The molecule has 0 aromatic heterocycles. The molecule has 0 aliphatic heterocycles. The first-order valence-electron chi connectivity index (χ1n) is 5.82. The maximum absolute atomic E-state index is 12.1. The Morgan fingerprint density at radius 1 is 1.25 bits per heavy atom. The summed E-state index contributed by atoms with van der Waals surface area (Å²) < 4.78 is 14.8. The van der Waals surface area contributed by atoms with Crippen LogP contribution < -0.4 is 4.74 Å². The number of carbonyl (C=O) groups excluding carboxylic acids is 2. The van der Waals surface area contributed by atoms with E-state index in [1.165, 1.54) is 26.2 Å². The van der Waals surface area contributed by atoms with Crippen LogP contribution in [0.15, 0.2) is 12.1 Å². The molecule has 0 bridgehead atoms. The maximum atomic E-state index is 12.1. The first kappa shape index (κ1) is 16.6. The largest absolute Gasteiger partial charge is 0.494 e. The van der Waals surface area contributed by atoms with Crippen molar-refractivity contribution in [3.63, 3.8) is 0 Å². The van der Waals surface area contributed by atoms with Crippen LogP contribution in [0.2, 0.25) is 10.0 Å². The number of esters is 2. The van der Waals surface area contributed by atoms with E-state index in [0.29, 0.717) is 0 Å². The van der Waals surface area contributed by atoms with E-state index in [1.807, 2.05) is 0 Å². The van der Waals surface area contributed by atoms with E-state index in [2.05, 4.69) is 0 Å². The van der Waals surface area contributed by atoms with Crippen molar-refractivity contribution in [3.8, 4) is 5.75 Å². The number of halogens is 2. The Morgan fingerprint density at radius 3 is 2.40 bits per heavy atom. The zero-order valence-electron chi connectivity index (χ0n) is 11.2. The van der Waals surface area contributed by atoms with Crippen LogP contribution in [0.5, 0.6) is 5.75 Å². The highest BCUT2D eigenvalue weighted by molar-refractivity contribution is 6.37. The molecule has 0 amide bonds. The van der Waals surface area contributed by atoms with Gasteiger partial charge in [0.2, 0.25) is 0 Å². The van der Waals surface area contributed by atoms with Crippen molar-refractivity contribution < 1.29 is 23.8 Å². The van der Waals surface area contributed by atoms with Gasteiger partial charge >= 0.3 is 11.9 Å². The molecule has 0 aliphatic carbocycles. The standard InChI is InChI=1S/C13H14Cl2O5/c1-4-19-12(16)7(2)20-13(17)10-8(14)5-6-9(15)11(10)18-3/h5-7H,4H2,1-3H3. The van der Waals surface area contributed by atoms with Crippen LogP contribution in [0.1, 0.15) is 24.2 Å². The summed E-state index contributed by atoms with van der Waals surface area (Å²) in [4.78, 5) is 23.5. The fourth-order valence-corrected chi connectivity index (χ4v) is 1.91. The third-order valence-electron chi connectivity index (χ3n) is 2.37. The molecule has 0 saturated carbocycles. The van der Waals surface area contributed by atoms with Gasteiger partial charge in [0.05, 0.1) is 23.8 Å². The van der Waals surface area contributed by atoms with Crippen molar-refractivity contribution in [2.45, 2.75) is 20.0 Å². The number of ether oxygens (including phenoxy) is 3. The zero-order valence-corrected chi connectivity index (χ0v) is 12.7. The van der Waals surface area contributed by atoms with Gasteiger partial charge in [0.1, 0.15) is 5.56 Å². The predicted molar refractivity (Wildman–Crippen MR) is 74.5 cm³/mol. The Bertz CT molecular complexity index is 516. The highest BCUT2D eigenvalue weighted by Gasteiger charge is 2.25. The number of hydrogen-bond acceptors (Lipinski definition) is 5. The van der Waals surface area contributed by atoms with Crippen LogP contribution >= 0.6 is 23.2 Å². The minimum absolute atomic E-state index is 0.0298. The van der Waals surface area contributed by atoms with E-state index in [4.69, 9.17) is 37.4 Å². The molecule has 1 aromatic carbocycles. The Balaban J connectivity index is 2.98. The van der Waals surface area contributed by atoms with Crippen molar-refractivity contribution >= 4 is 35.1 Å². The molecule has 1 rings (SSSR count). The molecule has 0 saturated heterocycles. The second kappa shape index (κ2) is 7.36. The molecular weight excluding hydrogens is 307 g/mol. The van der Waals surface area contributed by atoms with Gasteiger partial charge in [-0.05, 0) is 26.0 Å². The Hall–Kier alpha value is -1.46. The molecule has 0 aliphatic rings. The first-order valence-corrected chi connectivity index (χ1v) is 6.57. The molecule has 1 aromatic rings. The molecule has 7 heteroatoms. The molecule has 0 heterocycles. The molecular formula is C13H14Cl2O5. The van der Waals surface area contributed by atoms with Crippen LogP contribution in [0.3, 0.4) is 0 Å². The molecule has 110 valence electrons. The summed E-state index contributed by atoms with van der Waals surface area (Å²) in [5.41, 5.74) is -0.0298. The normalized spacial score (nSPS) is 11.7. The van der Waals surface area contributed by atoms with Crippen molar-refractivity contribution in [1.29, 1.82) is 0 Å². The highest BCUT2D eigenvalue weighted by Crippen LogP contribution is 2.34. The van der Waals surface area contributed by atoms with Gasteiger partial charge < -0.3 is 14.2 Å². The summed E-state index contributed by atoms with van der Waals surface area (Å²) in [6.07, 6.45) is -1.05. The number of rotatable bonds is 5. The van der Waals surface area contributed by atoms with Crippen LogP contribution in [0, 0.1) is 0 Å². The van der Waals surface area contributed by atoms with E-state index in [9.17, 15) is 9.59 Å². The monoisotopic (exact) mass is 320 g/mol. The minimum atomic E-state index is -1.05. The van der Waals surface area contributed by atoms with Crippen LogP contribution in [-0.4, -0.2) is 31.8 Å². The van der Waals surface area contributed by atoms with Crippen molar-refractivity contribution in [2.75, 3.05) is 13.7 Å². The number of carbonyl (C=O) groups is 2. The molecule has 20 heavy (non-hydrogen) atoms. The minimum Gasteiger partial charge on any atom is -0.494 e. The quantitative estimate of drug-likeness (QED) is 0.780. The van der Waals surface area contributed by atoms with E-state index in [-0.39, 0.29) is 28.0 Å². The highest BCUT2D eigenvalue weighted by atomic mass is 35.5. The fraction of sp³-hybridized carbons (Fsp3) is 0.385. The van der Waals surface area contributed by atoms with Gasteiger partial charge in [-0.25, -0.2) is 9.59 Å². The summed E-state index contributed by atoms with van der Waals surface area (Å²) in [6.45, 7) is 3.26. The van der Waals surface area contributed by atoms with Crippen LogP contribution in [0.4, 0.5) is 0 Å². The lowest BCUT2D eigenvalue weighted by molar-refractivity contribution is -0.152. The van der Waals surface area contributed by atoms with Gasteiger partial charge in [0.15, 0.2) is 11.9 Å². The molecule has 0 radical (unpaired) electrons. The van der Waals surface area contributed by atoms with Gasteiger partial charge in [-0.1, -0.05) is 23.2 Å². The van der Waals surface area contributed by atoms with E-state index in [1.54, 1.807) is 6.92 Å². The molecule has 0 fully saturated rings. The predicted octanol–water partition coefficient (Wildman–Crippen LogP) is 3.11. The van der Waals surface area contributed by atoms with Gasteiger partial charge in [0, 0.05) is 0 Å². The Labute approximate surface area is 126 Å². The van der Waals surface area contributed by atoms with Crippen LogP contribution in [0.25, 0.3) is 0 Å². The smallest absolute Gasteiger partial charge is 0.347 e. The second-order valence-electron chi connectivity index (χ2n) is 3.74. The van der Waals surface area contributed by atoms with E-state index < -0.39 is 18.0 Å². The van der Waals surface area contributed by atoms with E-state index >= 15 is 0 Å². The van der Waals surface area contributed by atoms with Gasteiger partial charge in [-0.15, -0.1) is 0 Å². The number of methoxy groups -OCH3 is 1. The summed E-state index contributed by atoms with van der Waals surface area (Å²) in [6, 6.07) is 2.94. The van der Waals surface area contributed by atoms with Crippen LogP contribution in [-0.2, 0) is 14.3 Å². The van der Waals surface area contributed by atoms with Gasteiger partial charge in [-0.3, -0.25) is 0 Å². The second-order valence-corrected chi connectivity index (χ2v) is 4.55. The molecule has 5 nitrogen and oxygen atoms in total. The lowest BCUT2D eigenvalue weighted by atomic mass is 10.2. The van der Waals surface area contributed by atoms with Crippen molar-refractivity contribution in [1.82, 2.24) is 0 Å². The first-order chi connectivity index (χ1) is 9.42. The summed E-state index contributed by atoms with van der Waals surface area (Å²) in [5.74, 6) is -1.35. The molecule has 0 N–H and O–H groups in total. The Kier molecular flexibility index (Phi) is 6.10. The third kappa shape index (κ3) is 3.77. The zero-order chi connectivity index (χ0) is 15.3. The summed E-state index contributed by atoms with van der Waals surface area (Å²) in [7, 11) is 1.35. The van der Waals surface area contributed by atoms with Crippen molar-refractivity contribution in [2.24, 2.45) is 0 Å². The van der Waals surface area contributed by atoms with Crippen molar-refractivity contribution in [3.05, 3.63) is 27.7 Å². The van der Waals surface area contributed by atoms with Gasteiger partial charge in [0.25, 0.3) is 0 Å². The summed E-state index contributed by atoms with van der Waals surface area (Å²) in [5, 5.41) is 0.333. The molecule has 1 atom stereocenters. The SMILES string of the molecule is CCOC(=O)C(C)OC(=O)c1c(Cl)ccc(Cl)c1OC. The number of hydrogen-bond donors (Lipinski definition) is 0. The topological polar surface area (TPSA) is 61.8 Å². The lowest BCUT2D eigenvalue weighted by Crippen LogP contribution is -2.26. The third-order valence-corrected chi connectivity index (χ3v) is 2.98. The fourth-order valence-electron chi connectivity index (χ4n) is 1.45. The summed E-state index contributed by atoms with van der Waals surface area (Å²) >= 11 is 11.9. The average molecular weight is 321 g/mol. The van der Waals surface area contributed by atoms with E-state index in [0.717, 1.165) is 0 Å². The maximum Gasteiger partial charge on any atom is 0.347 e.